The minimum absolute atomic E-state index is 0.0785. The number of nitrogens with zero attached hydrogens (tertiary/aromatic N) is 2. The zero-order chi connectivity index (χ0) is 15.1. The van der Waals surface area contributed by atoms with Crippen molar-refractivity contribution < 1.29 is 9.47 Å². The number of methoxy groups -OCH3 is 1. The van der Waals surface area contributed by atoms with Gasteiger partial charge in [0, 0.05) is 12.6 Å². The molecule has 1 rings (SSSR count). The summed E-state index contributed by atoms with van der Waals surface area (Å²) in [4.78, 5) is 0. The van der Waals surface area contributed by atoms with Crippen molar-refractivity contribution in [3.63, 3.8) is 0 Å². The largest absolute Gasteiger partial charge is 0.493 e. The van der Waals surface area contributed by atoms with Gasteiger partial charge in [-0.05, 0) is 34.2 Å². The van der Waals surface area contributed by atoms with Crippen LogP contribution in [0.2, 0.25) is 0 Å². The van der Waals surface area contributed by atoms with Crippen molar-refractivity contribution in [3.8, 4) is 5.75 Å². The van der Waals surface area contributed by atoms with Crippen LogP contribution >= 0.6 is 0 Å². The molecule has 0 radical (unpaired) electrons. The Morgan fingerprint density at radius 1 is 1.35 bits per heavy atom. The highest BCUT2D eigenvalue weighted by molar-refractivity contribution is 5.29. The van der Waals surface area contributed by atoms with Crippen LogP contribution in [-0.2, 0) is 4.74 Å². The van der Waals surface area contributed by atoms with Gasteiger partial charge in [-0.25, -0.2) is 0 Å². The Hall–Kier alpha value is -1.07. The molecule has 1 aromatic heterocycles. The summed E-state index contributed by atoms with van der Waals surface area (Å²) >= 11 is 0. The summed E-state index contributed by atoms with van der Waals surface area (Å²) in [7, 11) is 3.65. The van der Waals surface area contributed by atoms with Crippen LogP contribution in [0.3, 0.4) is 0 Å². The second kappa shape index (κ2) is 8.27. The van der Waals surface area contributed by atoms with Gasteiger partial charge in [-0.1, -0.05) is 13.3 Å². The minimum atomic E-state index is 0.0785. The number of likely N-dealkylation sites (N-methyl/N-ethyl adjacent to an activating group) is 1. The highest BCUT2D eigenvalue weighted by Crippen LogP contribution is 2.31. The van der Waals surface area contributed by atoms with E-state index in [0.29, 0.717) is 6.61 Å². The molecule has 5 nitrogen and oxygen atoms in total. The SMILES string of the molecule is CCCC(OCC)C(NC)c1c(OC)cnn1C(C)C. The number of hydrogen-bond donors (Lipinski definition) is 1. The van der Waals surface area contributed by atoms with Crippen LogP contribution in [0.5, 0.6) is 5.75 Å². The van der Waals surface area contributed by atoms with Gasteiger partial charge in [0.2, 0.25) is 0 Å². The van der Waals surface area contributed by atoms with Crippen molar-refractivity contribution in [2.24, 2.45) is 0 Å². The number of aromatic nitrogens is 2. The van der Waals surface area contributed by atoms with Gasteiger partial charge >= 0.3 is 0 Å². The molecule has 0 saturated carbocycles. The Labute approximate surface area is 122 Å². The fourth-order valence-electron chi connectivity index (χ4n) is 2.56. The van der Waals surface area contributed by atoms with Gasteiger partial charge in [-0.2, -0.15) is 5.10 Å². The lowest BCUT2D eigenvalue weighted by Gasteiger charge is -2.28. The molecule has 0 fully saturated rings. The summed E-state index contributed by atoms with van der Waals surface area (Å²) in [6.07, 6.45) is 4.00. The third-order valence-electron chi connectivity index (χ3n) is 3.44. The van der Waals surface area contributed by atoms with Gasteiger partial charge in [0.05, 0.1) is 25.5 Å². The van der Waals surface area contributed by atoms with Crippen LogP contribution in [0.25, 0.3) is 0 Å². The molecule has 0 aromatic carbocycles. The molecule has 2 unspecified atom stereocenters. The highest BCUT2D eigenvalue weighted by atomic mass is 16.5. The topological polar surface area (TPSA) is 48.3 Å². The molecule has 0 amide bonds. The van der Waals surface area contributed by atoms with Crippen molar-refractivity contribution in [2.45, 2.75) is 58.7 Å². The summed E-state index contributed by atoms with van der Waals surface area (Å²) in [6, 6.07) is 0.364. The fraction of sp³-hybridized carbons (Fsp3) is 0.800. The summed E-state index contributed by atoms with van der Waals surface area (Å²) in [5.74, 6) is 0.818. The average molecular weight is 283 g/mol. The summed E-state index contributed by atoms with van der Waals surface area (Å²) in [6.45, 7) is 9.17. The van der Waals surface area contributed by atoms with E-state index in [1.807, 2.05) is 18.7 Å². The van der Waals surface area contributed by atoms with Gasteiger partial charge < -0.3 is 14.8 Å². The van der Waals surface area contributed by atoms with Crippen molar-refractivity contribution in [1.29, 1.82) is 0 Å². The summed E-state index contributed by atoms with van der Waals surface area (Å²) in [5, 5.41) is 7.83. The van der Waals surface area contributed by atoms with E-state index in [9.17, 15) is 0 Å². The molecule has 0 spiro atoms. The highest BCUT2D eigenvalue weighted by Gasteiger charge is 2.29. The lowest BCUT2D eigenvalue weighted by molar-refractivity contribution is 0.0264. The number of nitrogens with one attached hydrogen (secondary N) is 1. The number of ether oxygens (including phenoxy) is 2. The van der Waals surface area contributed by atoms with E-state index in [4.69, 9.17) is 9.47 Å². The molecule has 0 aliphatic heterocycles. The Morgan fingerprint density at radius 3 is 2.50 bits per heavy atom. The first kappa shape index (κ1) is 17.0. The molecule has 1 N–H and O–H groups in total. The molecule has 0 aliphatic carbocycles. The molecule has 0 aliphatic rings. The quantitative estimate of drug-likeness (QED) is 0.757. The standard InChI is InChI=1S/C15H29N3O2/c1-7-9-12(20-8-2)14(16-5)15-13(19-6)10-17-18(15)11(3)4/h10-12,14,16H,7-9H2,1-6H3. The molecule has 5 heteroatoms. The van der Waals surface area contributed by atoms with Gasteiger partial charge in [0.1, 0.15) is 5.69 Å². The smallest absolute Gasteiger partial charge is 0.161 e. The lowest BCUT2D eigenvalue weighted by Crippen LogP contribution is -2.34. The van der Waals surface area contributed by atoms with Crippen LogP contribution in [0.15, 0.2) is 6.20 Å². The van der Waals surface area contributed by atoms with E-state index in [1.54, 1.807) is 13.3 Å². The number of rotatable bonds is 9. The lowest BCUT2D eigenvalue weighted by atomic mass is 10.0. The van der Waals surface area contributed by atoms with Gasteiger partial charge in [0.15, 0.2) is 5.75 Å². The second-order valence-corrected chi connectivity index (χ2v) is 5.19. The minimum Gasteiger partial charge on any atom is -0.493 e. The zero-order valence-electron chi connectivity index (χ0n) is 13.6. The van der Waals surface area contributed by atoms with Crippen LogP contribution in [-0.4, -0.2) is 36.6 Å². The Kier molecular flexibility index (Phi) is 7.02. The molecule has 20 heavy (non-hydrogen) atoms. The summed E-state index contributed by atoms with van der Waals surface area (Å²) in [5.41, 5.74) is 1.07. The van der Waals surface area contributed by atoms with E-state index in [-0.39, 0.29) is 18.2 Å². The third-order valence-corrected chi connectivity index (χ3v) is 3.44. The van der Waals surface area contributed by atoms with E-state index in [2.05, 4.69) is 31.2 Å². The van der Waals surface area contributed by atoms with Gasteiger partial charge in [-0.15, -0.1) is 0 Å². The summed E-state index contributed by atoms with van der Waals surface area (Å²) < 4.78 is 13.4. The van der Waals surface area contributed by atoms with Crippen molar-refractivity contribution in [1.82, 2.24) is 15.1 Å². The van der Waals surface area contributed by atoms with Crippen molar-refractivity contribution in [2.75, 3.05) is 20.8 Å². The predicted molar refractivity (Wildman–Crippen MR) is 81.3 cm³/mol. The van der Waals surface area contributed by atoms with E-state index in [0.717, 1.165) is 24.3 Å². The molecule has 116 valence electrons. The van der Waals surface area contributed by atoms with E-state index in [1.165, 1.54) is 0 Å². The normalized spacial score (nSPS) is 14.6. The maximum atomic E-state index is 5.93. The molecule has 1 aromatic rings. The predicted octanol–water partition coefficient (Wildman–Crippen LogP) is 2.94. The molecular formula is C15H29N3O2. The second-order valence-electron chi connectivity index (χ2n) is 5.19. The van der Waals surface area contributed by atoms with Gasteiger partial charge in [-0.3, -0.25) is 4.68 Å². The fourth-order valence-corrected chi connectivity index (χ4v) is 2.56. The first-order chi connectivity index (χ1) is 9.60. The van der Waals surface area contributed by atoms with Crippen molar-refractivity contribution >= 4 is 0 Å². The van der Waals surface area contributed by atoms with Crippen LogP contribution in [0.1, 0.15) is 58.3 Å². The van der Waals surface area contributed by atoms with Crippen LogP contribution in [0.4, 0.5) is 0 Å². The average Bonchev–Trinajstić information content (AvgIpc) is 2.84. The van der Waals surface area contributed by atoms with Crippen molar-refractivity contribution in [3.05, 3.63) is 11.9 Å². The first-order valence-corrected chi connectivity index (χ1v) is 7.50. The van der Waals surface area contributed by atoms with E-state index < -0.39 is 0 Å². The maximum absolute atomic E-state index is 5.93. The number of hydrogen-bond acceptors (Lipinski definition) is 4. The Morgan fingerprint density at radius 2 is 2.05 bits per heavy atom. The monoisotopic (exact) mass is 283 g/mol. The van der Waals surface area contributed by atoms with E-state index >= 15 is 0 Å². The van der Waals surface area contributed by atoms with Crippen LogP contribution < -0.4 is 10.1 Å². The third kappa shape index (κ3) is 3.73. The molecular weight excluding hydrogens is 254 g/mol. The molecule has 0 saturated heterocycles. The van der Waals surface area contributed by atoms with Crippen LogP contribution in [0, 0.1) is 0 Å². The van der Waals surface area contributed by atoms with Gasteiger partial charge in [0.25, 0.3) is 0 Å². The Bertz CT molecular complexity index is 384. The molecule has 0 bridgehead atoms. The first-order valence-electron chi connectivity index (χ1n) is 7.50. The molecule has 1 heterocycles. The zero-order valence-corrected chi connectivity index (χ0v) is 13.6. The maximum Gasteiger partial charge on any atom is 0.161 e. The molecule has 2 atom stereocenters. The Balaban J connectivity index is 3.17.